The van der Waals surface area contributed by atoms with Gasteiger partial charge in [-0.3, -0.25) is 4.72 Å². The number of carboxylic acids is 1. The Morgan fingerprint density at radius 3 is 2.20 bits per heavy atom. The van der Waals surface area contributed by atoms with Gasteiger partial charge in [0.15, 0.2) is 0 Å². The van der Waals surface area contributed by atoms with Crippen molar-refractivity contribution in [1.29, 1.82) is 0 Å². The molecule has 0 aliphatic carbocycles. The van der Waals surface area contributed by atoms with Crippen molar-refractivity contribution in [3.8, 4) is 11.1 Å². The van der Waals surface area contributed by atoms with E-state index in [1.807, 2.05) is 30.3 Å². The fourth-order valence-corrected chi connectivity index (χ4v) is 4.61. The van der Waals surface area contributed by atoms with Gasteiger partial charge in [0.25, 0.3) is 10.0 Å². The molecule has 0 atom stereocenters. The molecular weight excluding hydrogens is 470 g/mol. The number of anilines is 2. The van der Waals surface area contributed by atoms with Gasteiger partial charge in [0.1, 0.15) is 12.0 Å². The molecule has 0 unspecified atom stereocenters. The lowest BCUT2D eigenvalue weighted by Crippen LogP contribution is -2.28. The van der Waals surface area contributed by atoms with Crippen molar-refractivity contribution in [2.24, 2.45) is 0 Å². The molecule has 1 heterocycles. The lowest BCUT2D eigenvalue weighted by atomic mass is 10.1. The molecule has 10 heteroatoms. The van der Waals surface area contributed by atoms with Crippen LogP contribution in [0.4, 0.5) is 16.2 Å². The molecule has 0 saturated heterocycles. The first-order valence-corrected chi connectivity index (χ1v) is 11.9. The van der Waals surface area contributed by atoms with E-state index in [1.165, 1.54) is 18.2 Å². The number of hydrogen-bond donors (Lipinski definition) is 4. The molecular formula is C25H21N3O6S. The van der Waals surface area contributed by atoms with Gasteiger partial charge in [-0.15, -0.1) is 0 Å². The molecule has 1 aromatic heterocycles. The normalized spacial score (nSPS) is 11.0. The number of furan rings is 1. The molecule has 3 aromatic carbocycles. The molecule has 0 bridgehead atoms. The minimum atomic E-state index is -3.87. The second kappa shape index (κ2) is 10.1. The number of hydrogen-bond acceptors (Lipinski definition) is 5. The van der Waals surface area contributed by atoms with Crippen LogP contribution in [0.25, 0.3) is 11.1 Å². The van der Waals surface area contributed by atoms with Gasteiger partial charge >= 0.3 is 12.0 Å². The molecule has 9 nitrogen and oxygen atoms in total. The summed E-state index contributed by atoms with van der Waals surface area (Å²) in [5.41, 5.74) is 2.12. The Kier molecular flexibility index (Phi) is 6.83. The average molecular weight is 492 g/mol. The van der Waals surface area contributed by atoms with Gasteiger partial charge < -0.3 is 20.2 Å². The largest absolute Gasteiger partial charge is 0.478 e. The summed E-state index contributed by atoms with van der Waals surface area (Å²) in [6, 6.07) is 22.9. The Balaban J connectivity index is 1.39. The van der Waals surface area contributed by atoms with E-state index in [9.17, 15) is 18.0 Å². The highest BCUT2D eigenvalue weighted by molar-refractivity contribution is 7.92. The third-order valence-corrected chi connectivity index (χ3v) is 6.42. The Morgan fingerprint density at radius 1 is 0.857 bits per heavy atom. The third-order valence-electron chi connectivity index (χ3n) is 4.98. The molecule has 0 spiro atoms. The highest BCUT2D eigenvalue weighted by Gasteiger charge is 2.19. The van der Waals surface area contributed by atoms with Crippen LogP contribution in [0, 0.1) is 0 Å². The van der Waals surface area contributed by atoms with Gasteiger partial charge in [-0.25, -0.2) is 18.0 Å². The summed E-state index contributed by atoms with van der Waals surface area (Å²) in [5.74, 6) is -0.832. The number of rotatable bonds is 8. The van der Waals surface area contributed by atoms with Gasteiger partial charge in [0.05, 0.1) is 17.0 Å². The van der Waals surface area contributed by atoms with E-state index >= 15 is 0 Å². The highest BCUT2D eigenvalue weighted by Crippen LogP contribution is 2.28. The fourth-order valence-electron chi connectivity index (χ4n) is 3.32. The van der Waals surface area contributed by atoms with Gasteiger partial charge in [-0.05, 0) is 42.0 Å². The Morgan fingerprint density at radius 2 is 1.51 bits per heavy atom. The number of sulfonamides is 1. The van der Waals surface area contributed by atoms with Crippen molar-refractivity contribution in [2.75, 3.05) is 10.0 Å². The zero-order chi connectivity index (χ0) is 24.8. The standard InChI is InChI=1S/C25H21N3O6S/c29-24(30)18-14-21(34-16-18)15-26-25(31)27-19-10-12-20(13-11-19)28-35(32,33)23-9-5-4-8-22(23)17-6-2-1-3-7-17/h1-14,16,28H,15H2,(H,29,30)(H2,26,27,31). The summed E-state index contributed by atoms with van der Waals surface area (Å²) >= 11 is 0. The number of carboxylic acid groups (broad SMARTS) is 1. The minimum absolute atomic E-state index is 0.00216. The monoisotopic (exact) mass is 491 g/mol. The smallest absolute Gasteiger partial charge is 0.338 e. The maximum Gasteiger partial charge on any atom is 0.338 e. The first kappa shape index (κ1) is 23.6. The predicted octanol–water partition coefficient (Wildman–Crippen LogP) is 4.77. The van der Waals surface area contributed by atoms with Gasteiger partial charge in [-0.1, -0.05) is 48.5 Å². The van der Waals surface area contributed by atoms with Crippen LogP contribution in [0.5, 0.6) is 0 Å². The van der Waals surface area contributed by atoms with Crippen LogP contribution in [-0.4, -0.2) is 25.5 Å². The van der Waals surface area contributed by atoms with E-state index in [-0.39, 0.29) is 22.8 Å². The van der Waals surface area contributed by atoms with Crippen molar-refractivity contribution in [2.45, 2.75) is 11.4 Å². The van der Waals surface area contributed by atoms with Crippen LogP contribution in [0.3, 0.4) is 0 Å². The van der Waals surface area contributed by atoms with E-state index in [2.05, 4.69) is 15.4 Å². The van der Waals surface area contributed by atoms with E-state index in [1.54, 1.807) is 36.4 Å². The molecule has 0 aliphatic heterocycles. The average Bonchev–Trinajstić information content (AvgIpc) is 3.34. The van der Waals surface area contributed by atoms with Crippen molar-refractivity contribution < 1.29 is 27.5 Å². The first-order valence-electron chi connectivity index (χ1n) is 10.4. The van der Waals surface area contributed by atoms with Gasteiger partial charge in [-0.2, -0.15) is 0 Å². The fraction of sp³-hybridized carbons (Fsp3) is 0.0400. The van der Waals surface area contributed by atoms with Gasteiger partial charge in [0, 0.05) is 16.9 Å². The zero-order valence-corrected chi connectivity index (χ0v) is 19.1. The summed E-state index contributed by atoms with van der Waals surface area (Å²) in [4.78, 5) is 23.1. The van der Waals surface area contributed by atoms with Crippen molar-refractivity contribution in [3.63, 3.8) is 0 Å². The molecule has 4 rings (SSSR count). The lowest BCUT2D eigenvalue weighted by Gasteiger charge is -2.13. The molecule has 4 N–H and O–H groups in total. The second-order valence-electron chi connectivity index (χ2n) is 7.46. The molecule has 0 saturated carbocycles. The molecule has 0 fully saturated rings. The Bertz CT molecular complexity index is 1450. The molecule has 0 aliphatic rings. The first-order chi connectivity index (χ1) is 16.8. The third kappa shape index (κ3) is 5.87. The molecule has 178 valence electrons. The number of carbonyl (C=O) groups is 2. The number of amides is 2. The van der Waals surface area contributed by atoms with Crippen LogP contribution in [0.1, 0.15) is 16.1 Å². The van der Waals surface area contributed by atoms with E-state index < -0.39 is 22.0 Å². The topological polar surface area (TPSA) is 138 Å². The van der Waals surface area contributed by atoms with Crippen LogP contribution in [0.15, 0.2) is 101 Å². The summed E-state index contributed by atoms with van der Waals surface area (Å²) < 4.78 is 33.8. The minimum Gasteiger partial charge on any atom is -0.478 e. The summed E-state index contributed by atoms with van der Waals surface area (Å²) in [7, 11) is -3.87. The van der Waals surface area contributed by atoms with Gasteiger partial charge in [0.2, 0.25) is 0 Å². The van der Waals surface area contributed by atoms with Crippen LogP contribution in [0.2, 0.25) is 0 Å². The number of urea groups is 1. The lowest BCUT2D eigenvalue weighted by molar-refractivity contribution is 0.0696. The maximum atomic E-state index is 13.1. The zero-order valence-electron chi connectivity index (χ0n) is 18.3. The maximum absolute atomic E-state index is 13.1. The number of nitrogens with one attached hydrogen (secondary N) is 3. The Hall–Kier alpha value is -4.57. The summed E-state index contributed by atoms with van der Waals surface area (Å²) in [6.07, 6.45) is 1.09. The Labute approximate surface area is 201 Å². The molecule has 35 heavy (non-hydrogen) atoms. The van der Waals surface area contributed by atoms with Crippen LogP contribution in [-0.2, 0) is 16.6 Å². The molecule has 4 aromatic rings. The number of aromatic carboxylic acids is 1. The number of carbonyl (C=O) groups excluding carboxylic acids is 1. The van der Waals surface area contributed by atoms with E-state index in [0.717, 1.165) is 11.8 Å². The second-order valence-corrected chi connectivity index (χ2v) is 9.11. The molecule has 0 radical (unpaired) electrons. The molecule has 2 amide bonds. The SMILES string of the molecule is O=C(NCc1cc(C(=O)O)co1)Nc1ccc(NS(=O)(=O)c2ccccc2-c2ccccc2)cc1. The summed E-state index contributed by atoms with van der Waals surface area (Å²) in [6.45, 7) is -0.00216. The quantitative estimate of drug-likeness (QED) is 0.280. The van der Waals surface area contributed by atoms with Crippen molar-refractivity contribution in [1.82, 2.24) is 5.32 Å². The number of benzene rings is 3. The predicted molar refractivity (Wildman–Crippen MR) is 131 cm³/mol. The van der Waals surface area contributed by atoms with Crippen LogP contribution >= 0.6 is 0 Å². The van der Waals surface area contributed by atoms with Crippen molar-refractivity contribution >= 4 is 33.4 Å². The van der Waals surface area contributed by atoms with Crippen LogP contribution < -0.4 is 15.4 Å². The van der Waals surface area contributed by atoms with Crippen molar-refractivity contribution in [3.05, 3.63) is 103 Å². The summed E-state index contributed by atoms with van der Waals surface area (Å²) in [5, 5.41) is 14.0. The highest BCUT2D eigenvalue weighted by atomic mass is 32.2. The van der Waals surface area contributed by atoms with E-state index in [4.69, 9.17) is 9.52 Å². The van der Waals surface area contributed by atoms with E-state index in [0.29, 0.717) is 16.9 Å².